The minimum atomic E-state index is -0.377. The maximum atomic E-state index is 11.3. The number of methoxy groups -OCH3 is 1. The van der Waals surface area contributed by atoms with E-state index in [-0.39, 0.29) is 10.6 Å². The Bertz CT molecular complexity index is 490. The average molecular weight is 278 g/mol. The molecule has 110 valence electrons. The zero-order valence-electron chi connectivity index (χ0n) is 12.3. The van der Waals surface area contributed by atoms with Crippen molar-refractivity contribution in [3.8, 4) is 5.75 Å². The van der Waals surface area contributed by atoms with E-state index in [1.807, 2.05) is 0 Å². The molecule has 20 heavy (non-hydrogen) atoms. The second-order valence-corrected chi connectivity index (χ2v) is 5.47. The Morgan fingerprint density at radius 1 is 1.45 bits per heavy atom. The van der Waals surface area contributed by atoms with E-state index in [1.54, 1.807) is 18.2 Å². The van der Waals surface area contributed by atoms with Crippen LogP contribution in [0.25, 0.3) is 0 Å². The van der Waals surface area contributed by atoms with Crippen LogP contribution in [-0.2, 0) is 0 Å². The Kier molecular flexibility index (Phi) is 4.47. The van der Waals surface area contributed by atoms with Crippen molar-refractivity contribution >= 4 is 11.4 Å². The van der Waals surface area contributed by atoms with Gasteiger partial charge in [0.25, 0.3) is 0 Å². The number of para-hydroxylation sites is 1. The van der Waals surface area contributed by atoms with Gasteiger partial charge < -0.3 is 10.1 Å². The zero-order chi connectivity index (χ0) is 14.7. The molecule has 1 fully saturated rings. The number of nitrogens with zero attached hydrogens (tertiary/aromatic N) is 1. The monoisotopic (exact) mass is 278 g/mol. The molecule has 0 aromatic heterocycles. The van der Waals surface area contributed by atoms with Gasteiger partial charge in [-0.1, -0.05) is 26.3 Å². The molecule has 0 bridgehead atoms. The summed E-state index contributed by atoms with van der Waals surface area (Å²) in [5, 5.41) is 14.6. The van der Waals surface area contributed by atoms with Crippen LogP contribution in [0, 0.1) is 22.0 Å². The molecule has 0 heterocycles. The smallest absolute Gasteiger partial charge is 0.333 e. The number of hydrogen-bond donors (Lipinski definition) is 1. The summed E-state index contributed by atoms with van der Waals surface area (Å²) in [6.07, 6.45) is 3.42. The highest BCUT2D eigenvalue weighted by Gasteiger charge is 2.33. The minimum absolute atomic E-state index is 0.0298. The molecule has 2 rings (SSSR count). The summed E-state index contributed by atoms with van der Waals surface area (Å²) in [5.41, 5.74) is 0.588. The van der Waals surface area contributed by atoms with E-state index in [2.05, 4.69) is 19.2 Å². The van der Waals surface area contributed by atoms with Crippen molar-refractivity contribution in [2.45, 2.75) is 39.2 Å². The Labute approximate surface area is 119 Å². The van der Waals surface area contributed by atoms with Crippen LogP contribution >= 0.6 is 0 Å². The average Bonchev–Trinajstić information content (AvgIpc) is 2.79. The molecule has 1 aromatic carbocycles. The molecule has 1 saturated carbocycles. The second-order valence-electron chi connectivity index (χ2n) is 5.47. The molecule has 1 aromatic rings. The lowest BCUT2D eigenvalue weighted by Gasteiger charge is -2.22. The van der Waals surface area contributed by atoms with Crippen molar-refractivity contribution in [3.05, 3.63) is 28.3 Å². The third-order valence-corrected chi connectivity index (χ3v) is 4.49. The predicted octanol–water partition coefficient (Wildman–Crippen LogP) is 3.84. The summed E-state index contributed by atoms with van der Waals surface area (Å²) >= 11 is 0. The largest absolute Gasteiger partial charge is 0.490 e. The van der Waals surface area contributed by atoms with Gasteiger partial charge in [-0.25, -0.2) is 0 Å². The summed E-state index contributed by atoms with van der Waals surface area (Å²) < 4.78 is 5.10. The third-order valence-electron chi connectivity index (χ3n) is 4.49. The van der Waals surface area contributed by atoms with Gasteiger partial charge in [0.05, 0.1) is 12.0 Å². The van der Waals surface area contributed by atoms with Crippen LogP contribution in [0.1, 0.15) is 33.1 Å². The Morgan fingerprint density at radius 2 is 2.20 bits per heavy atom. The van der Waals surface area contributed by atoms with Crippen LogP contribution in [0.5, 0.6) is 5.75 Å². The Morgan fingerprint density at radius 3 is 2.75 bits per heavy atom. The molecule has 3 unspecified atom stereocenters. The second kappa shape index (κ2) is 6.11. The van der Waals surface area contributed by atoms with Crippen molar-refractivity contribution in [1.29, 1.82) is 0 Å². The summed E-state index contributed by atoms with van der Waals surface area (Å²) in [5.74, 6) is 1.54. The molecule has 0 spiro atoms. The highest BCUT2D eigenvalue weighted by atomic mass is 16.6. The van der Waals surface area contributed by atoms with Crippen molar-refractivity contribution in [2.24, 2.45) is 11.8 Å². The van der Waals surface area contributed by atoms with Gasteiger partial charge in [-0.3, -0.25) is 10.1 Å². The van der Waals surface area contributed by atoms with Crippen molar-refractivity contribution in [1.82, 2.24) is 0 Å². The molecule has 3 atom stereocenters. The first-order valence-corrected chi connectivity index (χ1v) is 7.16. The molecular weight excluding hydrogens is 256 g/mol. The lowest BCUT2D eigenvalue weighted by atomic mass is 9.93. The molecule has 0 aliphatic heterocycles. The molecule has 1 N–H and O–H groups in total. The third kappa shape index (κ3) is 2.71. The van der Waals surface area contributed by atoms with Crippen LogP contribution in [0.15, 0.2) is 18.2 Å². The first-order valence-electron chi connectivity index (χ1n) is 7.16. The number of nitro groups is 1. The van der Waals surface area contributed by atoms with Crippen LogP contribution in [0.3, 0.4) is 0 Å². The standard InChI is InChI=1S/C15H22N2O3/c1-4-11-8-9-12(10(11)2)16-13-6-5-7-14(20-3)15(13)17(18)19/h5-7,10-12,16H,4,8-9H2,1-3H3. The normalized spacial score (nSPS) is 25.4. The number of nitrogens with one attached hydrogen (secondary N) is 1. The Balaban J connectivity index is 2.24. The number of nitro benzene ring substituents is 1. The summed E-state index contributed by atoms with van der Waals surface area (Å²) in [7, 11) is 1.46. The fraction of sp³-hybridized carbons (Fsp3) is 0.600. The van der Waals surface area contributed by atoms with E-state index in [0.717, 1.165) is 6.42 Å². The molecule has 5 heteroatoms. The first kappa shape index (κ1) is 14.6. The van der Waals surface area contributed by atoms with Crippen LogP contribution in [0.4, 0.5) is 11.4 Å². The summed E-state index contributed by atoms with van der Waals surface area (Å²) in [6, 6.07) is 5.46. The molecule has 5 nitrogen and oxygen atoms in total. The van der Waals surface area contributed by atoms with Gasteiger partial charge in [0.1, 0.15) is 5.69 Å². The van der Waals surface area contributed by atoms with Crippen molar-refractivity contribution in [3.63, 3.8) is 0 Å². The maximum Gasteiger partial charge on any atom is 0.333 e. The Hall–Kier alpha value is -1.78. The van der Waals surface area contributed by atoms with E-state index in [0.29, 0.717) is 29.3 Å². The van der Waals surface area contributed by atoms with Crippen LogP contribution in [-0.4, -0.2) is 18.1 Å². The van der Waals surface area contributed by atoms with E-state index in [4.69, 9.17) is 4.74 Å². The number of rotatable bonds is 5. The first-order chi connectivity index (χ1) is 9.58. The number of anilines is 1. The van der Waals surface area contributed by atoms with Crippen LogP contribution < -0.4 is 10.1 Å². The van der Waals surface area contributed by atoms with Crippen LogP contribution in [0.2, 0.25) is 0 Å². The van der Waals surface area contributed by atoms with Gasteiger partial charge in [-0.15, -0.1) is 0 Å². The molecule has 0 amide bonds. The van der Waals surface area contributed by atoms with Gasteiger partial charge in [0.2, 0.25) is 0 Å². The number of ether oxygens (including phenoxy) is 1. The molecule has 0 saturated heterocycles. The van der Waals surface area contributed by atoms with Gasteiger partial charge in [0, 0.05) is 6.04 Å². The fourth-order valence-corrected chi connectivity index (χ4v) is 3.22. The van der Waals surface area contributed by atoms with E-state index in [9.17, 15) is 10.1 Å². The predicted molar refractivity (Wildman–Crippen MR) is 79.2 cm³/mol. The van der Waals surface area contributed by atoms with Crippen molar-refractivity contribution < 1.29 is 9.66 Å². The summed E-state index contributed by atoms with van der Waals surface area (Å²) in [4.78, 5) is 10.9. The molecular formula is C15H22N2O3. The van der Waals surface area contributed by atoms with E-state index < -0.39 is 0 Å². The highest BCUT2D eigenvalue weighted by Crippen LogP contribution is 2.39. The van der Waals surface area contributed by atoms with Crippen molar-refractivity contribution in [2.75, 3.05) is 12.4 Å². The molecule has 1 aliphatic rings. The SMILES string of the molecule is CCC1CCC(Nc2cccc(OC)c2[N+](=O)[O-])C1C. The summed E-state index contributed by atoms with van der Waals surface area (Å²) in [6.45, 7) is 4.43. The van der Waals surface area contributed by atoms with Gasteiger partial charge in [0.15, 0.2) is 5.75 Å². The highest BCUT2D eigenvalue weighted by molar-refractivity contribution is 5.68. The van der Waals surface area contributed by atoms with E-state index in [1.165, 1.54) is 20.0 Å². The minimum Gasteiger partial charge on any atom is -0.490 e. The number of benzene rings is 1. The maximum absolute atomic E-state index is 11.3. The van der Waals surface area contributed by atoms with Gasteiger partial charge >= 0.3 is 5.69 Å². The molecule has 1 aliphatic carbocycles. The number of hydrogen-bond acceptors (Lipinski definition) is 4. The molecule has 0 radical (unpaired) electrons. The van der Waals surface area contributed by atoms with Gasteiger partial charge in [-0.05, 0) is 36.8 Å². The zero-order valence-corrected chi connectivity index (χ0v) is 12.3. The van der Waals surface area contributed by atoms with Gasteiger partial charge in [-0.2, -0.15) is 0 Å². The fourth-order valence-electron chi connectivity index (χ4n) is 3.22. The van der Waals surface area contributed by atoms with E-state index >= 15 is 0 Å². The lowest BCUT2D eigenvalue weighted by molar-refractivity contribution is -0.384. The lowest BCUT2D eigenvalue weighted by Crippen LogP contribution is -2.25. The quantitative estimate of drug-likeness (QED) is 0.656. The topological polar surface area (TPSA) is 64.4 Å².